The first-order valence-corrected chi connectivity index (χ1v) is 4.71. The molecule has 0 bridgehead atoms. The fourth-order valence-electron chi connectivity index (χ4n) is 0.974. The fourth-order valence-corrected chi connectivity index (χ4v) is 0.974. The molecule has 4 nitrogen and oxygen atoms in total. The van der Waals surface area contributed by atoms with Crippen molar-refractivity contribution in [3.8, 4) is 0 Å². The van der Waals surface area contributed by atoms with Crippen molar-refractivity contribution in [1.82, 2.24) is 9.97 Å². The molecule has 1 aromatic heterocycles. The molecule has 1 heterocycles. The van der Waals surface area contributed by atoms with E-state index in [2.05, 4.69) is 36.1 Å². The molecule has 0 radical (unpaired) electrons. The van der Waals surface area contributed by atoms with Gasteiger partial charge in [0.1, 0.15) is 0 Å². The smallest absolute Gasteiger partial charge is 0.222 e. The van der Waals surface area contributed by atoms with Gasteiger partial charge in [0, 0.05) is 18.9 Å². The van der Waals surface area contributed by atoms with Gasteiger partial charge >= 0.3 is 0 Å². The van der Waals surface area contributed by atoms with Crippen LogP contribution < -0.4 is 5.32 Å². The highest BCUT2D eigenvalue weighted by atomic mass is 16.3. The summed E-state index contributed by atoms with van der Waals surface area (Å²) >= 11 is 0. The lowest BCUT2D eigenvalue weighted by Gasteiger charge is -2.17. The topological polar surface area (TPSA) is 58.0 Å². The average Bonchev–Trinajstić information content (AvgIpc) is 2.14. The predicted molar refractivity (Wildman–Crippen MR) is 56.3 cm³/mol. The summed E-state index contributed by atoms with van der Waals surface area (Å²) in [4.78, 5) is 8.30. The molecule has 14 heavy (non-hydrogen) atoms. The van der Waals surface area contributed by atoms with Crippen molar-refractivity contribution in [3.05, 3.63) is 18.0 Å². The number of hydrogen-bond acceptors (Lipinski definition) is 4. The van der Waals surface area contributed by atoms with Crippen LogP contribution in [0.15, 0.2) is 12.4 Å². The van der Waals surface area contributed by atoms with Gasteiger partial charge in [-0.05, 0) is 11.0 Å². The molecule has 0 saturated heterocycles. The highest BCUT2D eigenvalue weighted by Crippen LogP contribution is 2.20. The van der Waals surface area contributed by atoms with Gasteiger partial charge in [-0.25, -0.2) is 9.97 Å². The Morgan fingerprint density at radius 2 is 1.86 bits per heavy atom. The Morgan fingerprint density at radius 3 is 2.29 bits per heavy atom. The van der Waals surface area contributed by atoms with Gasteiger partial charge < -0.3 is 10.4 Å². The lowest BCUT2D eigenvalue weighted by Crippen LogP contribution is -2.14. The Hall–Kier alpha value is -1.16. The number of nitrogens with one attached hydrogen (secondary N) is 1. The maximum atomic E-state index is 8.59. The zero-order valence-corrected chi connectivity index (χ0v) is 8.91. The van der Waals surface area contributed by atoms with E-state index in [1.165, 1.54) is 0 Å². The molecule has 0 fully saturated rings. The first-order chi connectivity index (χ1) is 6.54. The number of rotatable bonds is 3. The Bertz CT molecular complexity index is 276. The third-order valence-electron chi connectivity index (χ3n) is 1.91. The number of hydrogen-bond donors (Lipinski definition) is 2. The summed E-state index contributed by atoms with van der Waals surface area (Å²) in [6.07, 6.45) is 3.62. The monoisotopic (exact) mass is 195 g/mol. The summed E-state index contributed by atoms with van der Waals surface area (Å²) in [6.45, 7) is 6.92. The molecule has 0 atom stereocenters. The minimum atomic E-state index is 0.0789. The number of nitrogens with zero attached hydrogens (tertiary/aromatic N) is 2. The molecule has 0 unspecified atom stereocenters. The molecule has 1 aromatic rings. The molecule has 0 aromatic carbocycles. The molecule has 0 amide bonds. The van der Waals surface area contributed by atoms with Gasteiger partial charge in [-0.2, -0.15) is 0 Å². The van der Waals surface area contributed by atoms with Crippen LogP contribution in [0.2, 0.25) is 0 Å². The van der Waals surface area contributed by atoms with Crippen molar-refractivity contribution in [2.24, 2.45) is 0 Å². The zero-order valence-electron chi connectivity index (χ0n) is 8.91. The van der Waals surface area contributed by atoms with Crippen LogP contribution in [0.5, 0.6) is 0 Å². The summed E-state index contributed by atoms with van der Waals surface area (Å²) in [5, 5.41) is 11.5. The van der Waals surface area contributed by atoms with Gasteiger partial charge in [0.15, 0.2) is 0 Å². The zero-order chi connectivity index (χ0) is 10.6. The molecule has 0 aliphatic heterocycles. The van der Waals surface area contributed by atoms with E-state index in [1.807, 2.05) is 12.4 Å². The minimum Gasteiger partial charge on any atom is -0.395 e. The molecule has 4 heteroatoms. The van der Waals surface area contributed by atoms with Crippen LogP contribution in [0.1, 0.15) is 26.3 Å². The summed E-state index contributed by atoms with van der Waals surface area (Å²) < 4.78 is 0. The number of aliphatic hydroxyl groups excluding tert-OH is 1. The lowest BCUT2D eigenvalue weighted by atomic mass is 9.89. The third-order valence-corrected chi connectivity index (χ3v) is 1.91. The Labute approximate surface area is 84.4 Å². The van der Waals surface area contributed by atoms with E-state index in [0.717, 1.165) is 5.56 Å². The Balaban J connectivity index is 2.69. The molecule has 0 aliphatic rings. The van der Waals surface area contributed by atoms with Crippen molar-refractivity contribution < 1.29 is 5.11 Å². The molecule has 0 spiro atoms. The molecular weight excluding hydrogens is 178 g/mol. The van der Waals surface area contributed by atoms with Crippen LogP contribution in [-0.4, -0.2) is 28.2 Å². The number of aromatic nitrogens is 2. The van der Waals surface area contributed by atoms with Crippen molar-refractivity contribution in [3.63, 3.8) is 0 Å². The van der Waals surface area contributed by atoms with E-state index in [9.17, 15) is 0 Å². The quantitative estimate of drug-likeness (QED) is 0.760. The van der Waals surface area contributed by atoms with Gasteiger partial charge in [-0.1, -0.05) is 20.8 Å². The molecule has 0 aliphatic carbocycles. The predicted octanol–water partition coefficient (Wildman–Crippen LogP) is 1.18. The average molecular weight is 195 g/mol. The molecule has 0 saturated carbocycles. The molecular formula is C10H17N3O. The molecule has 2 N–H and O–H groups in total. The van der Waals surface area contributed by atoms with Crippen LogP contribution in [-0.2, 0) is 5.41 Å². The first-order valence-electron chi connectivity index (χ1n) is 4.71. The standard InChI is InChI=1S/C10H17N3O/c1-10(2,3)8-6-12-9(13-7-8)11-4-5-14/h6-7,14H,4-5H2,1-3H3,(H,11,12,13). The normalized spacial score (nSPS) is 11.4. The van der Waals surface area contributed by atoms with Crippen LogP contribution in [0.4, 0.5) is 5.95 Å². The Morgan fingerprint density at radius 1 is 1.29 bits per heavy atom. The van der Waals surface area contributed by atoms with Crippen LogP contribution >= 0.6 is 0 Å². The van der Waals surface area contributed by atoms with Crippen molar-refractivity contribution in [2.45, 2.75) is 26.2 Å². The summed E-state index contributed by atoms with van der Waals surface area (Å²) in [7, 11) is 0. The SMILES string of the molecule is CC(C)(C)c1cnc(NCCO)nc1. The van der Waals surface area contributed by atoms with Gasteiger partial charge in [0.2, 0.25) is 5.95 Å². The second-order valence-electron chi connectivity index (χ2n) is 4.20. The second kappa shape index (κ2) is 4.37. The fraction of sp³-hybridized carbons (Fsp3) is 0.600. The van der Waals surface area contributed by atoms with Gasteiger partial charge in [0.25, 0.3) is 0 Å². The second-order valence-corrected chi connectivity index (χ2v) is 4.20. The van der Waals surface area contributed by atoms with Crippen molar-refractivity contribution >= 4 is 5.95 Å². The van der Waals surface area contributed by atoms with Crippen LogP contribution in [0.3, 0.4) is 0 Å². The Kier molecular flexibility index (Phi) is 3.41. The highest BCUT2D eigenvalue weighted by molar-refractivity contribution is 5.26. The van der Waals surface area contributed by atoms with E-state index in [-0.39, 0.29) is 12.0 Å². The van der Waals surface area contributed by atoms with E-state index in [1.54, 1.807) is 0 Å². The molecule has 78 valence electrons. The summed E-state index contributed by atoms with van der Waals surface area (Å²) in [5.41, 5.74) is 1.18. The van der Waals surface area contributed by atoms with Crippen LogP contribution in [0, 0.1) is 0 Å². The maximum absolute atomic E-state index is 8.59. The third kappa shape index (κ3) is 2.96. The van der Waals surface area contributed by atoms with E-state index >= 15 is 0 Å². The first kappa shape index (κ1) is 10.9. The lowest BCUT2D eigenvalue weighted by molar-refractivity contribution is 0.311. The van der Waals surface area contributed by atoms with Gasteiger partial charge in [-0.15, -0.1) is 0 Å². The van der Waals surface area contributed by atoms with Crippen molar-refractivity contribution in [1.29, 1.82) is 0 Å². The summed E-state index contributed by atoms with van der Waals surface area (Å²) in [6, 6.07) is 0. The van der Waals surface area contributed by atoms with Crippen LogP contribution in [0.25, 0.3) is 0 Å². The highest BCUT2D eigenvalue weighted by Gasteiger charge is 2.14. The summed E-state index contributed by atoms with van der Waals surface area (Å²) in [5.74, 6) is 0.562. The van der Waals surface area contributed by atoms with Gasteiger partial charge in [0.05, 0.1) is 6.61 Å². The van der Waals surface area contributed by atoms with E-state index in [0.29, 0.717) is 12.5 Å². The largest absolute Gasteiger partial charge is 0.395 e. The van der Waals surface area contributed by atoms with E-state index in [4.69, 9.17) is 5.11 Å². The van der Waals surface area contributed by atoms with E-state index < -0.39 is 0 Å². The molecule has 1 rings (SSSR count). The van der Waals surface area contributed by atoms with Gasteiger partial charge in [-0.3, -0.25) is 0 Å². The maximum Gasteiger partial charge on any atom is 0.222 e. The number of anilines is 1. The van der Waals surface area contributed by atoms with Crippen molar-refractivity contribution in [2.75, 3.05) is 18.5 Å². The number of aliphatic hydroxyl groups is 1. The minimum absolute atomic E-state index is 0.0789.